The number of aryl methyl sites for hydroxylation is 1. The Morgan fingerprint density at radius 3 is 2.69 bits per heavy atom. The number of rotatable bonds is 4. The summed E-state index contributed by atoms with van der Waals surface area (Å²) in [7, 11) is 1.89. The van der Waals surface area contributed by atoms with E-state index >= 15 is 0 Å². The van der Waals surface area contributed by atoms with Gasteiger partial charge in [0.25, 0.3) is 5.91 Å². The summed E-state index contributed by atoms with van der Waals surface area (Å²) in [6.07, 6.45) is 3.54. The van der Waals surface area contributed by atoms with Gasteiger partial charge in [-0.15, -0.1) is 0 Å². The normalized spacial score (nSPS) is 13.5. The van der Waals surface area contributed by atoms with E-state index in [4.69, 9.17) is 21.1 Å². The van der Waals surface area contributed by atoms with Gasteiger partial charge in [-0.25, -0.2) is 4.98 Å². The molecule has 0 aliphatic carbocycles. The minimum Gasteiger partial charge on any atom is -0.454 e. The number of hydrogen-bond donors (Lipinski definition) is 1. The average molecular weight is 370 g/mol. The van der Waals surface area contributed by atoms with Gasteiger partial charge < -0.3 is 19.4 Å². The van der Waals surface area contributed by atoms with Crippen LogP contribution >= 0.6 is 11.6 Å². The highest BCUT2D eigenvalue weighted by Crippen LogP contribution is 2.32. The molecule has 0 unspecified atom stereocenters. The van der Waals surface area contributed by atoms with E-state index in [1.54, 1.807) is 36.5 Å². The number of benzene rings is 2. The molecule has 1 amide bonds. The van der Waals surface area contributed by atoms with Crippen LogP contribution in [-0.4, -0.2) is 22.3 Å². The minimum absolute atomic E-state index is 0.168. The first-order valence-corrected chi connectivity index (χ1v) is 8.43. The number of amides is 1. The van der Waals surface area contributed by atoms with Crippen molar-refractivity contribution < 1.29 is 14.3 Å². The van der Waals surface area contributed by atoms with Crippen LogP contribution in [0.15, 0.2) is 54.9 Å². The maximum Gasteiger partial charge on any atom is 0.252 e. The fourth-order valence-electron chi connectivity index (χ4n) is 2.86. The summed E-state index contributed by atoms with van der Waals surface area (Å²) < 4.78 is 12.5. The molecule has 1 N–H and O–H groups in total. The highest BCUT2D eigenvalue weighted by molar-refractivity contribution is 6.30. The molecule has 2 heterocycles. The molecule has 0 bridgehead atoms. The van der Waals surface area contributed by atoms with Gasteiger partial charge in [0.05, 0.1) is 0 Å². The Morgan fingerprint density at radius 1 is 1.19 bits per heavy atom. The minimum atomic E-state index is -0.412. The van der Waals surface area contributed by atoms with E-state index < -0.39 is 6.04 Å². The van der Waals surface area contributed by atoms with Gasteiger partial charge in [0.2, 0.25) is 6.79 Å². The standard InChI is InChI=1S/C19H16ClN3O3/c1-23-9-8-21-18(23)17(12-2-5-14(20)6-3-12)22-19(24)13-4-7-15-16(10-13)26-11-25-15/h2-10,17H,11H2,1H3,(H,22,24)/t17-/m1/s1. The van der Waals surface area contributed by atoms with Crippen molar-refractivity contribution in [2.75, 3.05) is 6.79 Å². The van der Waals surface area contributed by atoms with Gasteiger partial charge in [0.1, 0.15) is 11.9 Å². The first kappa shape index (κ1) is 16.5. The van der Waals surface area contributed by atoms with Crippen molar-refractivity contribution >= 4 is 17.5 Å². The van der Waals surface area contributed by atoms with Gasteiger partial charge >= 0.3 is 0 Å². The lowest BCUT2D eigenvalue weighted by atomic mass is 10.1. The predicted octanol–water partition coefficient (Wildman–Crippen LogP) is 3.32. The molecule has 0 saturated carbocycles. The zero-order valence-electron chi connectivity index (χ0n) is 14.0. The van der Waals surface area contributed by atoms with Crippen molar-refractivity contribution in [3.05, 3.63) is 76.8 Å². The SMILES string of the molecule is Cn1ccnc1[C@H](NC(=O)c1ccc2c(c1)OCO2)c1ccc(Cl)cc1. The van der Waals surface area contributed by atoms with Crippen LogP contribution in [0.1, 0.15) is 27.8 Å². The second-order valence-electron chi connectivity index (χ2n) is 5.92. The molecule has 4 rings (SSSR count). The van der Waals surface area contributed by atoms with Crippen LogP contribution in [0.25, 0.3) is 0 Å². The number of ether oxygens (including phenoxy) is 2. The molecule has 1 aliphatic heterocycles. The van der Waals surface area contributed by atoms with E-state index in [-0.39, 0.29) is 12.7 Å². The third-order valence-electron chi connectivity index (χ3n) is 4.23. The van der Waals surface area contributed by atoms with Crippen molar-refractivity contribution in [3.63, 3.8) is 0 Å². The number of carbonyl (C=O) groups excluding carboxylic acids is 1. The summed E-state index contributed by atoms with van der Waals surface area (Å²) in [6.45, 7) is 0.168. The van der Waals surface area contributed by atoms with Gasteiger partial charge in [-0.05, 0) is 35.9 Å². The monoisotopic (exact) mass is 369 g/mol. The molecule has 0 spiro atoms. The maximum atomic E-state index is 12.8. The summed E-state index contributed by atoms with van der Waals surface area (Å²) >= 11 is 5.99. The van der Waals surface area contributed by atoms with E-state index in [9.17, 15) is 4.79 Å². The number of nitrogens with one attached hydrogen (secondary N) is 1. The third-order valence-corrected chi connectivity index (χ3v) is 4.48. The number of aromatic nitrogens is 2. The Balaban J connectivity index is 1.65. The summed E-state index contributed by atoms with van der Waals surface area (Å²) in [6, 6.07) is 12.0. The van der Waals surface area contributed by atoms with Gasteiger partial charge in [0, 0.05) is 30.0 Å². The zero-order valence-corrected chi connectivity index (χ0v) is 14.7. The van der Waals surface area contributed by atoms with Crippen LogP contribution < -0.4 is 14.8 Å². The van der Waals surface area contributed by atoms with Crippen molar-refractivity contribution in [2.24, 2.45) is 7.05 Å². The predicted molar refractivity (Wildman–Crippen MR) is 96.5 cm³/mol. The van der Waals surface area contributed by atoms with Crippen LogP contribution in [-0.2, 0) is 7.05 Å². The van der Waals surface area contributed by atoms with E-state index in [2.05, 4.69) is 10.3 Å². The van der Waals surface area contributed by atoms with E-state index in [1.165, 1.54) is 0 Å². The van der Waals surface area contributed by atoms with Gasteiger partial charge in [-0.1, -0.05) is 23.7 Å². The van der Waals surface area contributed by atoms with Gasteiger partial charge in [0.15, 0.2) is 11.5 Å². The molecule has 1 aromatic heterocycles. The van der Waals surface area contributed by atoms with Crippen molar-refractivity contribution in [2.45, 2.75) is 6.04 Å². The Bertz CT molecular complexity index is 953. The maximum absolute atomic E-state index is 12.8. The average Bonchev–Trinajstić information content (AvgIpc) is 3.28. The molecule has 7 heteroatoms. The summed E-state index contributed by atoms with van der Waals surface area (Å²) in [5.41, 5.74) is 1.38. The zero-order chi connectivity index (χ0) is 18.1. The number of nitrogens with zero attached hydrogens (tertiary/aromatic N) is 2. The van der Waals surface area contributed by atoms with Crippen LogP contribution in [0.4, 0.5) is 0 Å². The Morgan fingerprint density at radius 2 is 1.96 bits per heavy atom. The molecule has 1 atom stereocenters. The van der Waals surface area contributed by atoms with Gasteiger partial charge in [-0.3, -0.25) is 4.79 Å². The molecule has 0 radical (unpaired) electrons. The number of fused-ring (bicyclic) bond motifs is 1. The third kappa shape index (κ3) is 3.11. The molecule has 0 saturated heterocycles. The molecule has 1 aliphatic rings. The molecular formula is C19H16ClN3O3. The Kier molecular flexibility index (Phi) is 4.26. The van der Waals surface area contributed by atoms with Crippen LogP contribution in [0.3, 0.4) is 0 Å². The van der Waals surface area contributed by atoms with Crippen LogP contribution in [0, 0.1) is 0 Å². The lowest BCUT2D eigenvalue weighted by Crippen LogP contribution is -2.31. The molecule has 132 valence electrons. The number of carbonyl (C=O) groups is 1. The molecular weight excluding hydrogens is 354 g/mol. The summed E-state index contributed by atoms with van der Waals surface area (Å²) in [5.74, 6) is 1.70. The Hall–Kier alpha value is -2.99. The van der Waals surface area contributed by atoms with E-state index in [0.29, 0.717) is 22.1 Å². The molecule has 26 heavy (non-hydrogen) atoms. The van der Waals surface area contributed by atoms with E-state index in [0.717, 1.165) is 11.4 Å². The van der Waals surface area contributed by atoms with Crippen LogP contribution in [0.5, 0.6) is 11.5 Å². The second kappa shape index (κ2) is 6.72. The summed E-state index contributed by atoms with van der Waals surface area (Å²) in [5, 5.41) is 3.68. The second-order valence-corrected chi connectivity index (χ2v) is 6.36. The summed E-state index contributed by atoms with van der Waals surface area (Å²) in [4.78, 5) is 17.2. The topological polar surface area (TPSA) is 65.4 Å². The first-order chi connectivity index (χ1) is 12.6. The smallest absolute Gasteiger partial charge is 0.252 e. The van der Waals surface area contributed by atoms with Gasteiger partial charge in [-0.2, -0.15) is 0 Å². The highest BCUT2D eigenvalue weighted by Gasteiger charge is 2.23. The quantitative estimate of drug-likeness (QED) is 0.766. The fraction of sp³-hybridized carbons (Fsp3) is 0.158. The lowest BCUT2D eigenvalue weighted by molar-refractivity contribution is 0.0940. The van der Waals surface area contributed by atoms with E-state index in [1.807, 2.05) is 29.9 Å². The Labute approximate surface area is 155 Å². The molecule has 0 fully saturated rings. The van der Waals surface area contributed by atoms with Crippen LogP contribution in [0.2, 0.25) is 5.02 Å². The molecule has 2 aromatic carbocycles. The lowest BCUT2D eigenvalue weighted by Gasteiger charge is -2.19. The molecule has 6 nitrogen and oxygen atoms in total. The number of hydrogen-bond acceptors (Lipinski definition) is 4. The molecule has 3 aromatic rings. The van der Waals surface area contributed by atoms with Crippen molar-refractivity contribution in [1.29, 1.82) is 0 Å². The van der Waals surface area contributed by atoms with Crippen molar-refractivity contribution in [1.82, 2.24) is 14.9 Å². The largest absolute Gasteiger partial charge is 0.454 e. The number of imidazole rings is 1. The number of halogens is 1. The van der Waals surface area contributed by atoms with Crippen molar-refractivity contribution in [3.8, 4) is 11.5 Å². The first-order valence-electron chi connectivity index (χ1n) is 8.05. The highest BCUT2D eigenvalue weighted by atomic mass is 35.5. The fourth-order valence-corrected chi connectivity index (χ4v) is 2.99.